The van der Waals surface area contributed by atoms with Crippen molar-refractivity contribution < 1.29 is 0 Å². The van der Waals surface area contributed by atoms with E-state index in [1.54, 1.807) is 17.4 Å². The maximum atomic E-state index is 2.57. The van der Waals surface area contributed by atoms with Crippen LogP contribution in [0.2, 0.25) is 10.4 Å². The summed E-state index contributed by atoms with van der Waals surface area (Å²) in [5.41, 5.74) is 0. The molecule has 1 fully saturated rings. The van der Waals surface area contributed by atoms with E-state index < -0.39 is 46.2 Å². The minimum absolute atomic E-state index is 1.25. The van der Waals surface area contributed by atoms with Crippen molar-refractivity contribution in [3.8, 4) is 0 Å². The van der Waals surface area contributed by atoms with Gasteiger partial charge in [-0.1, -0.05) is 0 Å². The Labute approximate surface area is 244 Å². The monoisotopic (exact) mass is 748 g/mol. The predicted molar refractivity (Wildman–Crippen MR) is 174 cm³/mol. The van der Waals surface area contributed by atoms with Gasteiger partial charge in [-0.15, -0.1) is 0 Å². The second kappa shape index (κ2) is 15.8. The molecule has 0 amide bonds. The molecule has 38 heavy (non-hydrogen) atoms. The van der Waals surface area contributed by atoms with E-state index in [1.807, 2.05) is 0 Å². The van der Waals surface area contributed by atoms with Gasteiger partial charge in [0.05, 0.1) is 0 Å². The summed E-state index contributed by atoms with van der Waals surface area (Å²) >= 11 is -2.49. The first kappa shape index (κ1) is 28.6. The van der Waals surface area contributed by atoms with Crippen LogP contribution < -0.4 is 17.4 Å². The molecule has 5 rings (SSSR count). The molecule has 1 aliphatic rings. The van der Waals surface area contributed by atoms with E-state index in [0.29, 0.717) is 0 Å². The summed E-state index contributed by atoms with van der Waals surface area (Å²) in [6.07, 6.45) is 11.5. The molecule has 4 aromatic rings. The second-order valence-corrected chi connectivity index (χ2v) is 65.4. The number of benzene rings is 4. The Morgan fingerprint density at radius 1 is 0.289 bits per heavy atom. The van der Waals surface area contributed by atoms with Gasteiger partial charge in [-0.2, -0.15) is 0 Å². The standard InChI is InChI=1S/C34H40As4/c1-2-4-6-20-30-36(32-23-13-8-14-24-32)38(34-27-17-10-18-28-34)37(33-25-15-9-16-26-33)35(29-19-5-3-1)31-21-11-7-12-22-31/h7-18,21-28H,1-6,19-20,29-30H2. The third kappa shape index (κ3) is 7.86. The molecule has 4 aromatic carbocycles. The first-order chi connectivity index (χ1) is 18.9. The van der Waals surface area contributed by atoms with Crippen LogP contribution in [0.4, 0.5) is 0 Å². The molecule has 1 heterocycles. The van der Waals surface area contributed by atoms with Crippen molar-refractivity contribution in [2.24, 2.45) is 0 Å². The fourth-order valence-corrected chi connectivity index (χ4v) is 167. The molecule has 0 bridgehead atoms. The van der Waals surface area contributed by atoms with Crippen LogP contribution in [0.5, 0.6) is 0 Å². The van der Waals surface area contributed by atoms with Gasteiger partial charge < -0.3 is 0 Å². The van der Waals surface area contributed by atoms with Gasteiger partial charge in [0.15, 0.2) is 0 Å². The molecular weight excluding hydrogens is 708 g/mol. The number of rotatable bonds is 4. The Morgan fingerprint density at radius 3 is 0.868 bits per heavy atom. The Bertz CT molecular complexity index is 1090. The Balaban J connectivity index is 1.69. The number of hydrogen-bond donors (Lipinski definition) is 0. The number of hydrogen-bond acceptors (Lipinski definition) is 0. The van der Waals surface area contributed by atoms with Gasteiger partial charge in [0.25, 0.3) is 0 Å². The summed E-state index contributed by atoms with van der Waals surface area (Å²) in [6, 6.07) is 48.1. The van der Waals surface area contributed by atoms with Gasteiger partial charge in [-0.25, -0.2) is 0 Å². The van der Waals surface area contributed by atoms with E-state index in [1.165, 1.54) is 61.8 Å². The van der Waals surface area contributed by atoms with Gasteiger partial charge in [0.1, 0.15) is 0 Å². The van der Waals surface area contributed by atoms with E-state index in [9.17, 15) is 0 Å². The summed E-state index contributed by atoms with van der Waals surface area (Å²) in [5, 5.41) is 3.03. The summed E-state index contributed by atoms with van der Waals surface area (Å²) < 4.78 is 7.15. The molecule has 1 aliphatic heterocycles. The molecule has 0 radical (unpaired) electrons. The fourth-order valence-electron chi connectivity index (χ4n) is 5.28. The van der Waals surface area contributed by atoms with Gasteiger partial charge in [0, 0.05) is 0 Å². The Hall–Kier alpha value is -0.886. The molecule has 0 saturated carbocycles. The SMILES string of the molecule is c1ccc([As]2CCCCCCCCCC[As](c3ccccc3)[As](c3ccccc3)[As]2c2ccccc2)cc1. The van der Waals surface area contributed by atoms with Crippen molar-refractivity contribution in [2.75, 3.05) is 0 Å². The summed E-state index contributed by atoms with van der Waals surface area (Å²) in [4.78, 5) is 0. The van der Waals surface area contributed by atoms with Crippen LogP contribution in [-0.2, 0) is 0 Å². The maximum absolute atomic E-state index is 2.57. The molecule has 0 aliphatic carbocycles. The van der Waals surface area contributed by atoms with Crippen molar-refractivity contribution >= 4 is 63.6 Å². The van der Waals surface area contributed by atoms with Crippen LogP contribution in [0.15, 0.2) is 121 Å². The molecule has 196 valence electrons. The van der Waals surface area contributed by atoms with Gasteiger partial charge in [-0.3, -0.25) is 0 Å². The first-order valence-electron chi connectivity index (χ1n) is 14.3. The molecule has 4 unspecified atom stereocenters. The quantitative estimate of drug-likeness (QED) is 0.226. The fraction of sp³-hybridized carbons (Fsp3) is 0.294. The van der Waals surface area contributed by atoms with Crippen LogP contribution >= 0.6 is 0 Å². The third-order valence-corrected chi connectivity index (χ3v) is 116. The molecule has 0 N–H and O–H groups in total. The van der Waals surface area contributed by atoms with Gasteiger partial charge in [-0.05, 0) is 0 Å². The van der Waals surface area contributed by atoms with Crippen LogP contribution in [0, 0.1) is 0 Å². The van der Waals surface area contributed by atoms with Crippen LogP contribution in [-0.4, -0.2) is 46.2 Å². The zero-order chi connectivity index (χ0) is 25.8. The Morgan fingerprint density at radius 2 is 0.553 bits per heavy atom. The van der Waals surface area contributed by atoms with E-state index in [4.69, 9.17) is 0 Å². The molecule has 0 spiro atoms. The Kier molecular flexibility index (Phi) is 11.9. The predicted octanol–water partition coefficient (Wildman–Crippen LogP) is 5.96. The molecule has 1 saturated heterocycles. The summed E-state index contributed by atoms with van der Waals surface area (Å²) in [5.74, 6) is 0. The molecule has 0 nitrogen and oxygen atoms in total. The van der Waals surface area contributed by atoms with Crippen LogP contribution in [0.1, 0.15) is 51.4 Å². The van der Waals surface area contributed by atoms with E-state index >= 15 is 0 Å². The summed E-state index contributed by atoms with van der Waals surface area (Å²) in [7, 11) is -2.64. The molecule has 4 atom stereocenters. The van der Waals surface area contributed by atoms with Crippen LogP contribution in [0.3, 0.4) is 0 Å². The average molecular weight is 748 g/mol. The van der Waals surface area contributed by atoms with Crippen LogP contribution in [0.25, 0.3) is 0 Å². The topological polar surface area (TPSA) is 0 Å². The van der Waals surface area contributed by atoms with Crippen molar-refractivity contribution in [2.45, 2.75) is 61.8 Å². The zero-order valence-electron chi connectivity index (χ0n) is 22.4. The zero-order valence-corrected chi connectivity index (χ0v) is 29.9. The van der Waals surface area contributed by atoms with E-state index in [-0.39, 0.29) is 0 Å². The molecular formula is C34H40As4. The average Bonchev–Trinajstić information content (AvgIpc) is 2.99. The van der Waals surface area contributed by atoms with Crippen molar-refractivity contribution in [1.82, 2.24) is 0 Å². The van der Waals surface area contributed by atoms with Crippen molar-refractivity contribution in [3.05, 3.63) is 121 Å². The third-order valence-electron chi connectivity index (χ3n) is 7.21. The molecule has 4 heteroatoms. The second-order valence-electron chi connectivity index (χ2n) is 10.00. The van der Waals surface area contributed by atoms with E-state index in [2.05, 4.69) is 121 Å². The van der Waals surface area contributed by atoms with Gasteiger partial charge in [0.2, 0.25) is 0 Å². The van der Waals surface area contributed by atoms with Crippen molar-refractivity contribution in [3.63, 3.8) is 0 Å². The minimum atomic E-state index is -1.32. The normalized spacial score (nSPS) is 23.8. The molecule has 0 aromatic heterocycles. The van der Waals surface area contributed by atoms with E-state index in [0.717, 1.165) is 0 Å². The van der Waals surface area contributed by atoms with Crippen molar-refractivity contribution in [1.29, 1.82) is 0 Å². The summed E-state index contributed by atoms with van der Waals surface area (Å²) in [6.45, 7) is 0. The first-order valence-corrected chi connectivity index (χ1v) is 36.3. The van der Waals surface area contributed by atoms with Gasteiger partial charge >= 0.3 is 247 Å².